The van der Waals surface area contributed by atoms with Gasteiger partial charge in [-0.1, -0.05) is 6.07 Å². The Kier molecular flexibility index (Phi) is 6.35. The highest BCUT2D eigenvalue weighted by molar-refractivity contribution is 6.12. The van der Waals surface area contributed by atoms with Gasteiger partial charge in [0, 0.05) is 50.0 Å². The van der Waals surface area contributed by atoms with E-state index in [0.717, 1.165) is 24.3 Å². The third kappa shape index (κ3) is 4.13. The summed E-state index contributed by atoms with van der Waals surface area (Å²) < 4.78 is 44.0. The van der Waals surface area contributed by atoms with Crippen LogP contribution >= 0.6 is 0 Å². The lowest BCUT2D eigenvalue weighted by molar-refractivity contribution is -0.137. The number of halogens is 3. The van der Waals surface area contributed by atoms with Crippen molar-refractivity contribution in [3.63, 3.8) is 0 Å². The number of carbonyl (C=O) groups is 3. The van der Waals surface area contributed by atoms with Gasteiger partial charge in [0.05, 0.1) is 12.2 Å². The summed E-state index contributed by atoms with van der Waals surface area (Å²) in [4.78, 5) is 42.4. The van der Waals surface area contributed by atoms with E-state index in [0.29, 0.717) is 36.5 Å². The van der Waals surface area contributed by atoms with Crippen molar-refractivity contribution in [3.05, 3.63) is 64.7 Å². The Labute approximate surface area is 194 Å². The molecule has 0 unspecified atom stereocenters. The molecule has 0 aromatic heterocycles. The van der Waals surface area contributed by atoms with Gasteiger partial charge in [-0.3, -0.25) is 19.3 Å². The Morgan fingerprint density at radius 3 is 2.47 bits per heavy atom. The van der Waals surface area contributed by atoms with Crippen LogP contribution in [0.5, 0.6) is 0 Å². The standard InChI is InChI=1S/C24H24F3N3O4/c1-28-21(31)19-12-15-13-29(10-11-34-2)23(33)17-4-3-5-18(20(15)17)30(19)22(32)14-6-8-16(9-7-14)24(25,26)27/h3-9,15,19H,10-13H2,1-2H3,(H,28,31)/t15-,19-/m0/s1. The summed E-state index contributed by atoms with van der Waals surface area (Å²) in [5, 5.41) is 2.58. The molecule has 0 fully saturated rings. The van der Waals surface area contributed by atoms with Crippen LogP contribution in [0.2, 0.25) is 0 Å². The highest BCUT2D eigenvalue weighted by Gasteiger charge is 2.45. The molecule has 2 heterocycles. The second-order valence-corrected chi connectivity index (χ2v) is 8.30. The number of hydrogen-bond donors (Lipinski definition) is 1. The average Bonchev–Trinajstić information content (AvgIpc) is 2.83. The zero-order valence-corrected chi connectivity index (χ0v) is 18.7. The third-order valence-corrected chi connectivity index (χ3v) is 6.32. The number of anilines is 1. The molecule has 34 heavy (non-hydrogen) atoms. The van der Waals surface area contributed by atoms with Gasteiger partial charge >= 0.3 is 6.18 Å². The molecule has 2 aromatic carbocycles. The fraction of sp³-hybridized carbons (Fsp3) is 0.375. The Balaban J connectivity index is 1.78. The van der Waals surface area contributed by atoms with E-state index >= 15 is 0 Å². The van der Waals surface area contributed by atoms with E-state index in [4.69, 9.17) is 4.74 Å². The molecular weight excluding hydrogens is 451 g/mol. The molecule has 3 amide bonds. The highest BCUT2D eigenvalue weighted by atomic mass is 19.4. The highest BCUT2D eigenvalue weighted by Crippen LogP contribution is 2.44. The lowest BCUT2D eigenvalue weighted by Crippen LogP contribution is -2.55. The minimum atomic E-state index is -4.53. The number of methoxy groups -OCH3 is 1. The number of rotatable bonds is 5. The first kappa shape index (κ1) is 23.7. The number of likely N-dealkylation sites (N-methyl/N-ethyl adjacent to an activating group) is 1. The van der Waals surface area contributed by atoms with Gasteiger partial charge in [0.25, 0.3) is 11.8 Å². The molecule has 2 aliphatic rings. The van der Waals surface area contributed by atoms with Crippen LogP contribution < -0.4 is 10.2 Å². The van der Waals surface area contributed by atoms with E-state index < -0.39 is 29.6 Å². The fourth-order valence-corrected chi connectivity index (χ4v) is 4.70. The molecule has 7 nitrogen and oxygen atoms in total. The summed E-state index contributed by atoms with van der Waals surface area (Å²) in [6, 6.07) is 8.00. The van der Waals surface area contributed by atoms with Gasteiger partial charge in [-0.15, -0.1) is 0 Å². The molecule has 2 aliphatic heterocycles. The predicted molar refractivity (Wildman–Crippen MR) is 118 cm³/mol. The topological polar surface area (TPSA) is 79.0 Å². The van der Waals surface area contributed by atoms with Gasteiger partial charge in [0.1, 0.15) is 6.04 Å². The molecule has 0 aliphatic carbocycles. The molecule has 10 heteroatoms. The Morgan fingerprint density at radius 1 is 1.15 bits per heavy atom. The SMILES string of the molecule is CNC(=O)[C@@H]1C[C@H]2CN(CCOC)C(=O)c3cccc(c32)N1C(=O)c1ccc(C(F)(F)F)cc1. The average molecular weight is 475 g/mol. The Bertz CT molecular complexity index is 1120. The van der Waals surface area contributed by atoms with Crippen molar-refractivity contribution in [3.8, 4) is 0 Å². The number of nitrogens with zero attached hydrogens (tertiary/aromatic N) is 2. The van der Waals surface area contributed by atoms with E-state index in [1.165, 1.54) is 11.9 Å². The van der Waals surface area contributed by atoms with Gasteiger partial charge in [0.15, 0.2) is 0 Å². The number of carbonyl (C=O) groups excluding carboxylic acids is 3. The predicted octanol–water partition coefficient (Wildman–Crippen LogP) is 3.06. The minimum absolute atomic E-state index is 0.0156. The van der Waals surface area contributed by atoms with Gasteiger partial charge in [0.2, 0.25) is 5.91 Å². The molecule has 180 valence electrons. The van der Waals surface area contributed by atoms with E-state index in [9.17, 15) is 27.6 Å². The maximum Gasteiger partial charge on any atom is 0.416 e. The maximum atomic E-state index is 13.5. The summed E-state index contributed by atoms with van der Waals surface area (Å²) in [6.45, 7) is 1.14. The summed E-state index contributed by atoms with van der Waals surface area (Å²) in [7, 11) is 3.01. The van der Waals surface area contributed by atoms with Crippen molar-refractivity contribution in [1.82, 2.24) is 10.2 Å². The first-order valence-corrected chi connectivity index (χ1v) is 10.8. The van der Waals surface area contributed by atoms with Gasteiger partial charge in [-0.05, 0) is 48.4 Å². The molecular formula is C24H24F3N3O4. The first-order valence-electron chi connectivity index (χ1n) is 10.8. The molecule has 0 bridgehead atoms. The molecule has 2 aromatic rings. The molecule has 0 saturated heterocycles. The van der Waals surface area contributed by atoms with Crippen LogP contribution in [0.3, 0.4) is 0 Å². The Hall–Kier alpha value is -3.40. The van der Waals surface area contributed by atoms with Gasteiger partial charge in [-0.2, -0.15) is 13.2 Å². The van der Waals surface area contributed by atoms with Crippen molar-refractivity contribution in [2.24, 2.45) is 0 Å². The van der Waals surface area contributed by atoms with E-state index in [-0.39, 0.29) is 23.8 Å². The molecule has 4 rings (SSSR count). The molecule has 0 spiro atoms. The van der Waals surface area contributed by atoms with Crippen LogP contribution in [0.1, 0.15) is 44.2 Å². The van der Waals surface area contributed by atoms with Crippen LogP contribution in [0.15, 0.2) is 42.5 Å². The number of alkyl halides is 3. The number of benzene rings is 2. The van der Waals surface area contributed by atoms with Crippen molar-refractivity contribution in [1.29, 1.82) is 0 Å². The molecule has 2 atom stereocenters. The quantitative estimate of drug-likeness (QED) is 0.721. The largest absolute Gasteiger partial charge is 0.416 e. The maximum absolute atomic E-state index is 13.5. The van der Waals surface area contributed by atoms with Gasteiger partial charge in [-0.25, -0.2) is 0 Å². The van der Waals surface area contributed by atoms with Crippen molar-refractivity contribution in [2.45, 2.75) is 24.6 Å². The molecule has 1 N–H and O–H groups in total. The summed E-state index contributed by atoms with van der Waals surface area (Å²) in [6.07, 6.45) is -4.26. The molecule has 0 saturated carbocycles. The van der Waals surface area contributed by atoms with Gasteiger partial charge < -0.3 is 15.0 Å². The minimum Gasteiger partial charge on any atom is -0.383 e. The Morgan fingerprint density at radius 2 is 1.85 bits per heavy atom. The van der Waals surface area contributed by atoms with Crippen molar-refractivity contribution >= 4 is 23.4 Å². The van der Waals surface area contributed by atoms with Crippen LogP contribution in [-0.2, 0) is 15.7 Å². The fourth-order valence-electron chi connectivity index (χ4n) is 4.70. The second-order valence-electron chi connectivity index (χ2n) is 8.30. The summed E-state index contributed by atoms with van der Waals surface area (Å²) >= 11 is 0. The van der Waals surface area contributed by atoms with Crippen LogP contribution in [-0.4, -0.2) is 62.5 Å². The smallest absolute Gasteiger partial charge is 0.383 e. The zero-order chi connectivity index (χ0) is 24.6. The summed E-state index contributed by atoms with van der Waals surface area (Å²) in [5.74, 6) is -1.37. The lowest BCUT2D eigenvalue weighted by atomic mass is 9.79. The van der Waals surface area contributed by atoms with E-state index in [1.807, 2.05) is 0 Å². The number of hydrogen-bond acceptors (Lipinski definition) is 4. The number of amides is 3. The zero-order valence-electron chi connectivity index (χ0n) is 18.7. The third-order valence-electron chi connectivity index (χ3n) is 6.32. The number of ether oxygens (including phenoxy) is 1. The molecule has 0 radical (unpaired) electrons. The lowest BCUT2D eigenvalue weighted by Gasteiger charge is -2.44. The van der Waals surface area contributed by atoms with Crippen LogP contribution in [0, 0.1) is 0 Å². The first-order chi connectivity index (χ1) is 16.2. The van der Waals surface area contributed by atoms with Crippen molar-refractivity contribution < 1.29 is 32.3 Å². The normalized spacial score (nSPS) is 19.6. The second kappa shape index (κ2) is 9.09. The van der Waals surface area contributed by atoms with Crippen molar-refractivity contribution in [2.75, 3.05) is 38.8 Å². The van der Waals surface area contributed by atoms with E-state index in [2.05, 4.69) is 5.32 Å². The van der Waals surface area contributed by atoms with E-state index in [1.54, 1.807) is 30.2 Å². The summed E-state index contributed by atoms with van der Waals surface area (Å²) in [5.41, 5.74) is 0.699. The monoisotopic (exact) mass is 475 g/mol. The number of nitrogens with one attached hydrogen (secondary N) is 1. The van der Waals surface area contributed by atoms with Crippen LogP contribution in [0.4, 0.5) is 18.9 Å². The van der Waals surface area contributed by atoms with Crippen LogP contribution in [0.25, 0.3) is 0 Å².